The van der Waals surface area contributed by atoms with Crippen LogP contribution in [0.25, 0.3) is 11.0 Å². The smallest absolute Gasteiger partial charge is 0.192 e. The lowest BCUT2D eigenvalue weighted by molar-refractivity contribution is 0.615. The van der Waals surface area contributed by atoms with Crippen LogP contribution in [0.15, 0.2) is 39.9 Å². The Morgan fingerprint density at radius 3 is 2.48 bits per heavy atom. The van der Waals surface area contributed by atoms with Crippen LogP contribution in [0, 0.1) is 0 Å². The second-order valence-electron chi connectivity index (χ2n) is 5.79. The molecule has 1 aromatic heterocycles. The third-order valence-corrected chi connectivity index (χ3v) is 3.78. The monoisotopic (exact) mass is 349 g/mol. The summed E-state index contributed by atoms with van der Waals surface area (Å²) in [5, 5.41) is 8.10. The van der Waals surface area contributed by atoms with Gasteiger partial charge in [0.15, 0.2) is 5.96 Å². The van der Waals surface area contributed by atoms with Crippen molar-refractivity contribution in [2.24, 2.45) is 4.99 Å². The summed E-state index contributed by atoms with van der Waals surface area (Å²) in [6, 6.07) is 9.53. The number of rotatable bonds is 4. The van der Waals surface area contributed by atoms with Gasteiger partial charge in [-0.1, -0.05) is 12.1 Å². The van der Waals surface area contributed by atoms with Gasteiger partial charge in [-0.15, -0.1) is 17.0 Å². The minimum Gasteiger partial charge on any atom is -0.464 e. The third-order valence-electron chi connectivity index (χ3n) is 3.78. The van der Waals surface area contributed by atoms with Crippen molar-refractivity contribution < 1.29 is 4.42 Å². The summed E-state index contributed by atoms with van der Waals surface area (Å²) in [6.45, 7) is 0.686. The Kier molecular flexibility index (Phi) is 4.19. The second-order valence-corrected chi connectivity index (χ2v) is 5.79. The zero-order valence-electron chi connectivity index (χ0n) is 11.8. The van der Waals surface area contributed by atoms with Crippen LogP contribution in [0.1, 0.15) is 31.2 Å². The van der Waals surface area contributed by atoms with E-state index in [1.165, 1.54) is 31.2 Å². The Morgan fingerprint density at radius 1 is 1.10 bits per heavy atom. The summed E-state index contributed by atoms with van der Waals surface area (Å²) < 4.78 is 5.43. The number of halogens is 1. The van der Waals surface area contributed by atoms with Crippen LogP contribution in [-0.2, 0) is 6.54 Å². The summed E-state index contributed by atoms with van der Waals surface area (Å²) in [6.07, 6.45) is 6.80. The number of furan rings is 1. The van der Waals surface area contributed by atoms with Crippen LogP contribution in [-0.4, -0.2) is 18.0 Å². The van der Waals surface area contributed by atoms with E-state index in [1.54, 1.807) is 6.26 Å². The number of hydrogen-bond donors (Lipinski definition) is 2. The highest BCUT2D eigenvalue weighted by Crippen LogP contribution is 2.21. The highest BCUT2D eigenvalue weighted by molar-refractivity contribution is 8.93. The average molecular weight is 350 g/mol. The van der Waals surface area contributed by atoms with E-state index in [1.807, 2.05) is 6.07 Å². The normalized spacial score (nSPS) is 17.1. The number of nitrogens with zero attached hydrogens (tertiary/aromatic N) is 1. The standard InChI is InChI=1S/C16H19N3O.BrH/c1-2-12-7-8-20-15(12)9-11(1)10-17-16(18-13-3-4-13)19-14-5-6-14;/h1-2,7-9,13-14H,3-6,10H2,(H2,17,18,19);1H. The van der Waals surface area contributed by atoms with Crippen LogP contribution in [0.5, 0.6) is 0 Å². The number of guanidine groups is 1. The van der Waals surface area contributed by atoms with Crippen molar-refractivity contribution in [3.8, 4) is 0 Å². The van der Waals surface area contributed by atoms with Gasteiger partial charge < -0.3 is 15.1 Å². The molecule has 2 saturated carbocycles. The number of hydrogen-bond acceptors (Lipinski definition) is 2. The molecular weight excluding hydrogens is 330 g/mol. The first-order valence-corrected chi connectivity index (χ1v) is 7.40. The second kappa shape index (κ2) is 6.10. The number of aliphatic imine (C=N–C) groups is 1. The zero-order valence-corrected chi connectivity index (χ0v) is 13.6. The Bertz CT molecular complexity index is 628. The summed E-state index contributed by atoms with van der Waals surface area (Å²) >= 11 is 0. The summed E-state index contributed by atoms with van der Waals surface area (Å²) in [7, 11) is 0. The van der Waals surface area contributed by atoms with Gasteiger partial charge in [-0.3, -0.25) is 0 Å². The van der Waals surface area contributed by atoms with Crippen molar-refractivity contribution in [3.05, 3.63) is 36.1 Å². The molecule has 2 fully saturated rings. The lowest BCUT2D eigenvalue weighted by Crippen LogP contribution is -2.39. The minimum atomic E-state index is 0. The largest absolute Gasteiger partial charge is 0.464 e. The predicted octanol–water partition coefficient (Wildman–Crippen LogP) is 3.37. The molecule has 0 radical (unpaired) electrons. The molecule has 2 aliphatic carbocycles. The fourth-order valence-corrected chi connectivity index (χ4v) is 2.24. The Morgan fingerprint density at radius 2 is 1.81 bits per heavy atom. The first-order valence-electron chi connectivity index (χ1n) is 7.40. The Balaban J connectivity index is 0.00000132. The molecule has 0 unspecified atom stereocenters. The van der Waals surface area contributed by atoms with E-state index < -0.39 is 0 Å². The summed E-state index contributed by atoms with van der Waals surface area (Å²) in [5.74, 6) is 0.967. The molecular formula is C16H20BrN3O. The van der Waals surface area contributed by atoms with Gasteiger partial charge in [0.25, 0.3) is 0 Å². The predicted molar refractivity (Wildman–Crippen MR) is 90.0 cm³/mol. The molecule has 0 spiro atoms. The molecule has 0 saturated heterocycles. The molecule has 0 atom stereocenters. The molecule has 1 aromatic carbocycles. The molecule has 1 heterocycles. The Hall–Kier alpha value is -1.49. The van der Waals surface area contributed by atoms with Crippen LogP contribution < -0.4 is 10.6 Å². The van der Waals surface area contributed by atoms with E-state index in [0.717, 1.165) is 16.9 Å². The molecule has 0 aliphatic heterocycles. The van der Waals surface area contributed by atoms with E-state index in [0.29, 0.717) is 18.6 Å². The number of fused-ring (bicyclic) bond motifs is 1. The van der Waals surface area contributed by atoms with Gasteiger partial charge in [-0.05, 0) is 43.4 Å². The molecule has 0 bridgehead atoms. The van der Waals surface area contributed by atoms with E-state index in [2.05, 4.69) is 28.8 Å². The maximum Gasteiger partial charge on any atom is 0.192 e. The molecule has 4 rings (SSSR count). The zero-order chi connectivity index (χ0) is 13.4. The fourth-order valence-electron chi connectivity index (χ4n) is 2.24. The third kappa shape index (κ3) is 3.79. The van der Waals surface area contributed by atoms with E-state index >= 15 is 0 Å². The maximum atomic E-state index is 5.43. The average Bonchev–Trinajstić information content (AvgIpc) is 3.37. The fraction of sp³-hybridized carbons (Fsp3) is 0.438. The Labute approximate surface area is 134 Å². The molecule has 2 N–H and O–H groups in total. The lowest BCUT2D eigenvalue weighted by Gasteiger charge is -2.11. The molecule has 2 aromatic rings. The highest BCUT2D eigenvalue weighted by atomic mass is 79.9. The van der Waals surface area contributed by atoms with Gasteiger partial charge >= 0.3 is 0 Å². The van der Waals surface area contributed by atoms with Crippen molar-refractivity contribution in [2.75, 3.05) is 0 Å². The van der Waals surface area contributed by atoms with Crippen molar-refractivity contribution in [1.29, 1.82) is 0 Å². The molecule has 2 aliphatic rings. The summed E-state index contributed by atoms with van der Waals surface area (Å²) in [4.78, 5) is 4.70. The van der Waals surface area contributed by atoms with Crippen LogP contribution in [0.2, 0.25) is 0 Å². The van der Waals surface area contributed by atoms with Crippen molar-refractivity contribution in [3.63, 3.8) is 0 Å². The molecule has 0 amide bonds. The molecule has 112 valence electrons. The molecule has 5 heteroatoms. The van der Waals surface area contributed by atoms with E-state index in [-0.39, 0.29) is 17.0 Å². The van der Waals surface area contributed by atoms with Crippen molar-refractivity contribution in [1.82, 2.24) is 10.6 Å². The first kappa shape index (κ1) is 14.4. The van der Waals surface area contributed by atoms with Gasteiger partial charge in [0, 0.05) is 17.5 Å². The molecule has 4 nitrogen and oxygen atoms in total. The van der Waals surface area contributed by atoms with Crippen LogP contribution >= 0.6 is 17.0 Å². The van der Waals surface area contributed by atoms with Gasteiger partial charge in [-0.25, -0.2) is 4.99 Å². The maximum absolute atomic E-state index is 5.43. The van der Waals surface area contributed by atoms with Crippen LogP contribution in [0.4, 0.5) is 0 Å². The minimum absolute atomic E-state index is 0. The number of nitrogens with one attached hydrogen (secondary N) is 2. The topological polar surface area (TPSA) is 49.6 Å². The van der Waals surface area contributed by atoms with Crippen molar-refractivity contribution in [2.45, 2.75) is 44.3 Å². The summed E-state index contributed by atoms with van der Waals surface area (Å²) in [5.41, 5.74) is 2.12. The van der Waals surface area contributed by atoms with Gasteiger partial charge in [-0.2, -0.15) is 0 Å². The van der Waals surface area contributed by atoms with Crippen molar-refractivity contribution >= 4 is 33.9 Å². The van der Waals surface area contributed by atoms with Gasteiger partial charge in [0.2, 0.25) is 0 Å². The lowest BCUT2D eigenvalue weighted by atomic mass is 10.2. The molecule has 21 heavy (non-hydrogen) atoms. The van der Waals surface area contributed by atoms with Crippen LogP contribution in [0.3, 0.4) is 0 Å². The first-order chi connectivity index (χ1) is 9.87. The quantitative estimate of drug-likeness (QED) is 0.657. The highest BCUT2D eigenvalue weighted by Gasteiger charge is 2.26. The van der Waals surface area contributed by atoms with E-state index in [9.17, 15) is 0 Å². The SMILES string of the molecule is Br.c1cc2ccc(CN=C(NC3CC3)NC3CC3)cc2o1. The van der Waals surface area contributed by atoms with Gasteiger partial charge in [0.05, 0.1) is 12.8 Å². The number of benzene rings is 1. The van der Waals surface area contributed by atoms with E-state index in [4.69, 9.17) is 9.41 Å². The van der Waals surface area contributed by atoms with Gasteiger partial charge in [0.1, 0.15) is 5.58 Å².